The molecule has 0 spiro atoms. The summed E-state index contributed by atoms with van der Waals surface area (Å²) in [6.45, 7) is 3.08. The van der Waals surface area contributed by atoms with Crippen LogP contribution in [0.25, 0.3) is 11.3 Å². The topological polar surface area (TPSA) is 38.1 Å². The average Bonchev–Trinajstić information content (AvgIpc) is 2.80. The lowest BCUT2D eigenvalue weighted by molar-refractivity contribution is 0.568. The molecule has 0 aromatic carbocycles. The van der Waals surface area contributed by atoms with Gasteiger partial charge in [0.05, 0.1) is 18.2 Å². The summed E-state index contributed by atoms with van der Waals surface area (Å²) in [6.07, 6.45) is 4.45. The zero-order chi connectivity index (χ0) is 10.5. The minimum atomic E-state index is 0.913. The molecule has 15 heavy (non-hydrogen) atoms. The Morgan fingerprint density at radius 2 is 2.27 bits per heavy atom. The fourth-order valence-corrected chi connectivity index (χ4v) is 1.36. The van der Waals surface area contributed by atoms with Crippen LogP contribution in [0.2, 0.25) is 0 Å². The standard InChI is InChI=1S/C12H14N2O/c1-2-7-13-12-5-3-4-11(14-12)10-6-8-15-9-10/h3-6,8-9H,2,7H2,1H3,(H,13,14). The Bertz CT molecular complexity index is 409. The fraction of sp³-hybridized carbons (Fsp3) is 0.250. The van der Waals surface area contributed by atoms with Crippen LogP contribution in [0.15, 0.2) is 41.2 Å². The Labute approximate surface area is 89.1 Å². The zero-order valence-electron chi connectivity index (χ0n) is 8.73. The molecule has 2 aromatic rings. The van der Waals surface area contributed by atoms with Gasteiger partial charge in [0.25, 0.3) is 0 Å². The third-order valence-corrected chi connectivity index (χ3v) is 2.12. The van der Waals surface area contributed by atoms with Crippen molar-refractivity contribution in [2.45, 2.75) is 13.3 Å². The highest BCUT2D eigenvalue weighted by Gasteiger charge is 2.01. The van der Waals surface area contributed by atoms with Crippen molar-refractivity contribution in [3.63, 3.8) is 0 Å². The Balaban J connectivity index is 2.19. The van der Waals surface area contributed by atoms with E-state index in [-0.39, 0.29) is 0 Å². The average molecular weight is 202 g/mol. The molecule has 0 unspecified atom stereocenters. The van der Waals surface area contributed by atoms with Crippen LogP contribution in [-0.2, 0) is 0 Å². The normalized spacial score (nSPS) is 10.2. The van der Waals surface area contributed by atoms with Gasteiger partial charge in [0.1, 0.15) is 5.82 Å². The van der Waals surface area contributed by atoms with Crippen molar-refractivity contribution in [3.05, 3.63) is 36.8 Å². The summed E-state index contributed by atoms with van der Waals surface area (Å²) in [6, 6.07) is 7.85. The minimum Gasteiger partial charge on any atom is -0.472 e. The first kappa shape index (κ1) is 9.77. The number of nitrogens with zero attached hydrogens (tertiary/aromatic N) is 1. The van der Waals surface area contributed by atoms with E-state index in [0.717, 1.165) is 30.0 Å². The highest BCUT2D eigenvalue weighted by Crippen LogP contribution is 2.18. The molecule has 78 valence electrons. The quantitative estimate of drug-likeness (QED) is 0.827. The number of nitrogens with one attached hydrogen (secondary N) is 1. The van der Waals surface area contributed by atoms with Crippen LogP contribution in [0.5, 0.6) is 0 Å². The van der Waals surface area contributed by atoms with Crippen molar-refractivity contribution >= 4 is 5.82 Å². The largest absolute Gasteiger partial charge is 0.472 e. The molecular weight excluding hydrogens is 188 g/mol. The smallest absolute Gasteiger partial charge is 0.126 e. The van der Waals surface area contributed by atoms with E-state index in [2.05, 4.69) is 17.2 Å². The maximum absolute atomic E-state index is 5.03. The van der Waals surface area contributed by atoms with Gasteiger partial charge in [0.2, 0.25) is 0 Å². The number of pyridine rings is 1. The molecule has 3 nitrogen and oxygen atoms in total. The highest BCUT2D eigenvalue weighted by molar-refractivity contribution is 5.59. The van der Waals surface area contributed by atoms with E-state index in [1.54, 1.807) is 12.5 Å². The molecule has 0 saturated carbocycles. The second-order valence-corrected chi connectivity index (χ2v) is 3.35. The van der Waals surface area contributed by atoms with Crippen molar-refractivity contribution in [1.29, 1.82) is 0 Å². The summed E-state index contributed by atoms with van der Waals surface area (Å²) in [5.41, 5.74) is 1.94. The Kier molecular flexibility index (Phi) is 3.02. The molecular formula is C12H14N2O. The summed E-state index contributed by atoms with van der Waals surface area (Å²) in [7, 11) is 0. The van der Waals surface area contributed by atoms with Crippen LogP contribution in [0.1, 0.15) is 13.3 Å². The van der Waals surface area contributed by atoms with E-state index < -0.39 is 0 Å². The predicted octanol–water partition coefficient (Wildman–Crippen LogP) is 3.16. The third-order valence-electron chi connectivity index (χ3n) is 2.12. The molecule has 0 saturated heterocycles. The monoisotopic (exact) mass is 202 g/mol. The number of anilines is 1. The van der Waals surface area contributed by atoms with E-state index in [0.29, 0.717) is 0 Å². The Morgan fingerprint density at radius 1 is 1.33 bits per heavy atom. The molecule has 0 fully saturated rings. The van der Waals surface area contributed by atoms with Gasteiger partial charge < -0.3 is 9.73 Å². The lowest BCUT2D eigenvalue weighted by Crippen LogP contribution is -2.01. The molecule has 0 radical (unpaired) electrons. The number of hydrogen-bond donors (Lipinski definition) is 1. The number of aromatic nitrogens is 1. The second kappa shape index (κ2) is 4.64. The fourth-order valence-electron chi connectivity index (χ4n) is 1.36. The van der Waals surface area contributed by atoms with Gasteiger partial charge in [-0.2, -0.15) is 0 Å². The molecule has 1 N–H and O–H groups in total. The molecule has 0 aliphatic rings. The molecule has 0 atom stereocenters. The van der Waals surface area contributed by atoms with Crippen molar-refractivity contribution in [1.82, 2.24) is 4.98 Å². The van der Waals surface area contributed by atoms with E-state index in [4.69, 9.17) is 4.42 Å². The first-order valence-electron chi connectivity index (χ1n) is 5.13. The van der Waals surface area contributed by atoms with Gasteiger partial charge in [-0.1, -0.05) is 13.0 Å². The lowest BCUT2D eigenvalue weighted by Gasteiger charge is -2.04. The Morgan fingerprint density at radius 3 is 3.00 bits per heavy atom. The summed E-state index contributed by atoms with van der Waals surface area (Å²) < 4.78 is 5.03. The van der Waals surface area contributed by atoms with Gasteiger partial charge in [0.15, 0.2) is 0 Å². The summed E-state index contributed by atoms with van der Waals surface area (Å²) in [5, 5.41) is 3.25. The summed E-state index contributed by atoms with van der Waals surface area (Å²) in [4.78, 5) is 4.48. The molecule has 0 aliphatic carbocycles. The zero-order valence-corrected chi connectivity index (χ0v) is 8.73. The van der Waals surface area contributed by atoms with Gasteiger partial charge in [-0.05, 0) is 24.6 Å². The van der Waals surface area contributed by atoms with Crippen LogP contribution in [0, 0.1) is 0 Å². The van der Waals surface area contributed by atoms with Gasteiger partial charge in [-0.15, -0.1) is 0 Å². The maximum atomic E-state index is 5.03. The first-order valence-corrected chi connectivity index (χ1v) is 5.13. The van der Waals surface area contributed by atoms with Crippen LogP contribution in [-0.4, -0.2) is 11.5 Å². The van der Waals surface area contributed by atoms with Gasteiger partial charge in [0, 0.05) is 12.1 Å². The molecule has 0 bridgehead atoms. The number of furan rings is 1. The molecule has 0 amide bonds. The van der Waals surface area contributed by atoms with Crippen molar-refractivity contribution < 1.29 is 4.42 Å². The lowest BCUT2D eigenvalue weighted by atomic mass is 10.2. The number of rotatable bonds is 4. The SMILES string of the molecule is CCCNc1cccc(-c2ccoc2)n1. The van der Waals surface area contributed by atoms with E-state index in [9.17, 15) is 0 Å². The second-order valence-electron chi connectivity index (χ2n) is 3.35. The maximum Gasteiger partial charge on any atom is 0.126 e. The van der Waals surface area contributed by atoms with E-state index in [1.165, 1.54) is 0 Å². The van der Waals surface area contributed by atoms with Crippen LogP contribution >= 0.6 is 0 Å². The van der Waals surface area contributed by atoms with Crippen molar-refractivity contribution in [2.75, 3.05) is 11.9 Å². The van der Waals surface area contributed by atoms with Gasteiger partial charge in [-0.3, -0.25) is 0 Å². The molecule has 2 rings (SSSR count). The third kappa shape index (κ3) is 2.37. The Hall–Kier alpha value is -1.77. The minimum absolute atomic E-state index is 0.913. The summed E-state index contributed by atoms with van der Waals surface area (Å²) in [5.74, 6) is 0.913. The van der Waals surface area contributed by atoms with Crippen LogP contribution in [0.3, 0.4) is 0 Å². The summed E-state index contributed by atoms with van der Waals surface area (Å²) >= 11 is 0. The molecule has 2 aromatic heterocycles. The van der Waals surface area contributed by atoms with Gasteiger partial charge in [-0.25, -0.2) is 4.98 Å². The predicted molar refractivity (Wildman–Crippen MR) is 60.7 cm³/mol. The highest BCUT2D eigenvalue weighted by atomic mass is 16.3. The molecule has 0 aliphatic heterocycles. The molecule has 2 heterocycles. The first-order chi connectivity index (χ1) is 7.40. The van der Waals surface area contributed by atoms with Gasteiger partial charge >= 0.3 is 0 Å². The van der Waals surface area contributed by atoms with Crippen LogP contribution < -0.4 is 5.32 Å². The van der Waals surface area contributed by atoms with Crippen molar-refractivity contribution in [2.24, 2.45) is 0 Å². The number of hydrogen-bond acceptors (Lipinski definition) is 3. The van der Waals surface area contributed by atoms with Crippen LogP contribution in [0.4, 0.5) is 5.82 Å². The molecule has 3 heteroatoms. The van der Waals surface area contributed by atoms with E-state index >= 15 is 0 Å². The van der Waals surface area contributed by atoms with Crippen molar-refractivity contribution in [3.8, 4) is 11.3 Å². The van der Waals surface area contributed by atoms with E-state index in [1.807, 2.05) is 24.3 Å².